The van der Waals surface area contributed by atoms with Crippen LogP contribution < -0.4 is 5.73 Å². The topological polar surface area (TPSA) is 74.9 Å². The molecule has 0 radical (unpaired) electrons. The van der Waals surface area contributed by atoms with Gasteiger partial charge in [0.25, 0.3) is 5.92 Å². The van der Waals surface area contributed by atoms with Crippen molar-refractivity contribution in [3.63, 3.8) is 0 Å². The number of nitrogens with two attached hydrogens (primary N) is 1. The predicted molar refractivity (Wildman–Crippen MR) is 55.1 cm³/mol. The molecule has 2 aromatic heterocycles. The Kier molecular flexibility index (Phi) is 2.61. The van der Waals surface area contributed by atoms with E-state index in [2.05, 4.69) is 9.97 Å². The van der Waals surface area contributed by atoms with Gasteiger partial charge in [-0.2, -0.15) is 0 Å². The van der Waals surface area contributed by atoms with Crippen molar-refractivity contribution in [2.24, 2.45) is 5.73 Å². The third-order valence-corrected chi connectivity index (χ3v) is 2.41. The average Bonchev–Trinajstić information content (AvgIpc) is 2.74. The van der Waals surface area contributed by atoms with Crippen molar-refractivity contribution in [3.05, 3.63) is 30.1 Å². The molecule has 0 aromatic carbocycles. The van der Waals surface area contributed by atoms with E-state index in [1.54, 1.807) is 18.3 Å². The van der Waals surface area contributed by atoms with Crippen LogP contribution in [-0.4, -0.2) is 27.6 Å². The highest BCUT2D eigenvalue weighted by Crippen LogP contribution is 2.28. The van der Waals surface area contributed by atoms with Gasteiger partial charge < -0.3 is 15.8 Å². The van der Waals surface area contributed by atoms with Crippen LogP contribution in [0.4, 0.5) is 8.78 Å². The maximum absolute atomic E-state index is 13.1. The highest BCUT2D eigenvalue weighted by atomic mass is 19.3. The summed E-state index contributed by atoms with van der Waals surface area (Å²) in [5, 5.41) is 8.54. The van der Waals surface area contributed by atoms with E-state index >= 15 is 0 Å². The lowest BCUT2D eigenvalue weighted by molar-refractivity contribution is -0.0720. The molecular formula is C10H11F2N3O. The van der Waals surface area contributed by atoms with Crippen LogP contribution in [0, 0.1) is 0 Å². The second kappa shape index (κ2) is 3.80. The van der Waals surface area contributed by atoms with Crippen molar-refractivity contribution in [2.45, 2.75) is 12.0 Å². The van der Waals surface area contributed by atoms with E-state index in [1.165, 1.54) is 6.07 Å². The third kappa shape index (κ3) is 1.77. The molecule has 0 fully saturated rings. The number of alkyl halides is 2. The van der Waals surface area contributed by atoms with Gasteiger partial charge in [0, 0.05) is 6.20 Å². The molecule has 1 atom stereocenters. The Labute approximate surface area is 90.1 Å². The number of aliphatic hydroxyl groups excluding tert-OH is 1. The van der Waals surface area contributed by atoms with Crippen LogP contribution in [-0.2, 0) is 0 Å². The Balaban J connectivity index is 2.39. The van der Waals surface area contributed by atoms with Crippen molar-refractivity contribution >= 4 is 11.0 Å². The molecule has 0 saturated heterocycles. The average molecular weight is 227 g/mol. The van der Waals surface area contributed by atoms with Crippen LogP contribution >= 0.6 is 0 Å². The summed E-state index contributed by atoms with van der Waals surface area (Å²) in [6.07, 6.45) is 1.66. The van der Waals surface area contributed by atoms with Gasteiger partial charge in [0.05, 0.1) is 16.7 Å². The molecule has 2 heterocycles. The quantitative estimate of drug-likeness (QED) is 0.737. The van der Waals surface area contributed by atoms with Crippen molar-refractivity contribution in [1.82, 2.24) is 9.97 Å². The summed E-state index contributed by atoms with van der Waals surface area (Å²) in [5.74, 6) is -3.36. The van der Waals surface area contributed by atoms with E-state index in [-0.39, 0.29) is 5.69 Å². The van der Waals surface area contributed by atoms with Gasteiger partial charge in [-0.05, 0) is 18.2 Å². The molecule has 4 N–H and O–H groups in total. The van der Waals surface area contributed by atoms with Crippen LogP contribution in [0.1, 0.15) is 11.7 Å². The van der Waals surface area contributed by atoms with E-state index in [0.717, 1.165) is 5.52 Å². The molecule has 16 heavy (non-hydrogen) atoms. The van der Waals surface area contributed by atoms with Crippen LogP contribution in [0.2, 0.25) is 0 Å². The van der Waals surface area contributed by atoms with Gasteiger partial charge in [0.15, 0.2) is 0 Å². The zero-order chi connectivity index (χ0) is 11.8. The Bertz CT molecular complexity index is 498. The minimum atomic E-state index is -3.36. The summed E-state index contributed by atoms with van der Waals surface area (Å²) in [7, 11) is 0. The molecule has 86 valence electrons. The molecule has 0 spiro atoms. The Morgan fingerprint density at radius 3 is 2.88 bits per heavy atom. The first-order chi connectivity index (χ1) is 7.54. The highest BCUT2D eigenvalue weighted by molar-refractivity contribution is 5.74. The van der Waals surface area contributed by atoms with Crippen LogP contribution in [0.5, 0.6) is 0 Å². The summed E-state index contributed by atoms with van der Waals surface area (Å²) in [5.41, 5.74) is 6.75. The minimum Gasteiger partial charge on any atom is -0.390 e. The predicted octanol–water partition coefficient (Wildman–Crippen LogP) is 1.19. The fourth-order valence-electron chi connectivity index (χ4n) is 1.44. The SMILES string of the molecule is NC(c1ccc2[nH]ccc2n1)C(F)(F)CO. The molecule has 1 unspecified atom stereocenters. The number of nitrogens with zero attached hydrogens (tertiary/aromatic N) is 1. The first-order valence-electron chi connectivity index (χ1n) is 4.73. The zero-order valence-corrected chi connectivity index (χ0v) is 8.32. The number of aromatic nitrogens is 2. The number of rotatable bonds is 3. The summed E-state index contributed by atoms with van der Waals surface area (Å²) in [6.45, 7) is -1.29. The molecular weight excluding hydrogens is 216 g/mol. The molecule has 0 aliphatic heterocycles. The van der Waals surface area contributed by atoms with Crippen LogP contribution in [0.3, 0.4) is 0 Å². The van der Waals surface area contributed by atoms with Crippen molar-refractivity contribution < 1.29 is 13.9 Å². The van der Waals surface area contributed by atoms with Gasteiger partial charge in [-0.15, -0.1) is 0 Å². The van der Waals surface area contributed by atoms with E-state index in [9.17, 15) is 8.78 Å². The number of nitrogens with one attached hydrogen (secondary N) is 1. The Morgan fingerprint density at radius 2 is 2.19 bits per heavy atom. The largest absolute Gasteiger partial charge is 0.390 e. The number of aliphatic hydroxyl groups is 1. The second-order valence-corrected chi connectivity index (χ2v) is 3.54. The van der Waals surface area contributed by atoms with Gasteiger partial charge >= 0.3 is 0 Å². The second-order valence-electron chi connectivity index (χ2n) is 3.54. The molecule has 0 aliphatic carbocycles. The number of fused-ring (bicyclic) bond motifs is 1. The normalized spacial score (nSPS) is 14.2. The maximum Gasteiger partial charge on any atom is 0.291 e. The molecule has 0 bridgehead atoms. The zero-order valence-electron chi connectivity index (χ0n) is 8.32. The number of halogens is 2. The molecule has 6 heteroatoms. The first kappa shape index (κ1) is 11.0. The summed E-state index contributed by atoms with van der Waals surface area (Å²) >= 11 is 0. The maximum atomic E-state index is 13.1. The lowest BCUT2D eigenvalue weighted by Gasteiger charge is -2.20. The molecule has 2 rings (SSSR count). The monoisotopic (exact) mass is 227 g/mol. The van der Waals surface area contributed by atoms with Crippen molar-refractivity contribution in [1.29, 1.82) is 0 Å². The number of aromatic amines is 1. The Morgan fingerprint density at radius 1 is 1.44 bits per heavy atom. The van der Waals surface area contributed by atoms with Gasteiger partial charge in [-0.25, -0.2) is 13.8 Å². The first-order valence-corrected chi connectivity index (χ1v) is 4.73. The van der Waals surface area contributed by atoms with E-state index in [1.807, 2.05) is 0 Å². The summed E-state index contributed by atoms with van der Waals surface area (Å²) in [6, 6.07) is 3.12. The van der Waals surface area contributed by atoms with Gasteiger partial charge in [-0.3, -0.25) is 0 Å². The lowest BCUT2D eigenvalue weighted by Crippen LogP contribution is -2.36. The number of pyridine rings is 1. The van der Waals surface area contributed by atoms with E-state index < -0.39 is 18.6 Å². The van der Waals surface area contributed by atoms with Gasteiger partial charge in [-0.1, -0.05) is 0 Å². The lowest BCUT2D eigenvalue weighted by atomic mass is 10.1. The standard InChI is InChI=1S/C10H11F2N3O/c11-10(12,5-16)9(13)8-2-1-6-7(15-8)3-4-14-6/h1-4,9,14,16H,5,13H2. The fourth-order valence-corrected chi connectivity index (χ4v) is 1.44. The number of H-pyrrole nitrogens is 1. The van der Waals surface area contributed by atoms with E-state index in [4.69, 9.17) is 10.8 Å². The fraction of sp³-hybridized carbons (Fsp3) is 0.300. The van der Waals surface area contributed by atoms with Crippen molar-refractivity contribution in [2.75, 3.05) is 6.61 Å². The third-order valence-electron chi connectivity index (χ3n) is 2.41. The summed E-state index contributed by atoms with van der Waals surface area (Å²) in [4.78, 5) is 6.90. The number of hydrogen-bond donors (Lipinski definition) is 3. The van der Waals surface area contributed by atoms with Crippen LogP contribution in [0.15, 0.2) is 24.4 Å². The van der Waals surface area contributed by atoms with E-state index in [0.29, 0.717) is 5.52 Å². The van der Waals surface area contributed by atoms with Crippen LogP contribution in [0.25, 0.3) is 11.0 Å². The number of hydrogen-bond acceptors (Lipinski definition) is 3. The van der Waals surface area contributed by atoms with Gasteiger partial charge in [0.2, 0.25) is 0 Å². The summed E-state index contributed by atoms with van der Waals surface area (Å²) < 4.78 is 26.3. The highest BCUT2D eigenvalue weighted by Gasteiger charge is 2.38. The van der Waals surface area contributed by atoms with Gasteiger partial charge in [0.1, 0.15) is 12.6 Å². The molecule has 0 amide bonds. The van der Waals surface area contributed by atoms with Crippen molar-refractivity contribution in [3.8, 4) is 0 Å². The smallest absolute Gasteiger partial charge is 0.291 e. The molecule has 4 nitrogen and oxygen atoms in total. The molecule has 0 aliphatic rings. The Hall–Kier alpha value is -1.53. The molecule has 2 aromatic rings. The molecule has 0 saturated carbocycles. The minimum absolute atomic E-state index is 0.0613.